The van der Waals surface area contributed by atoms with Gasteiger partial charge >= 0.3 is 5.97 Å². The highest BCUT2D eigenvalue weighted by molar-refractivity contribution is 7.21. The average molecular weight is 243 g/mol. The minimum absolute atomic E-state index is 0.278. The van der Waals surface area contributed by atoms with Crippen molar-refractivity contribution in [2.24, 2.45) is 0 Å². The van der Waals surface area contributed by atoms with Crippen molar-refractivity contribution < 1.29 is 14.6 Å². The first kappa shape index (κ1) is 10.3. The maximum atomic E-state index is 10.8. The fraction of sp³-hybridized carbons (Fsp3) is 0.100. The number of carboxylic acid groups (broad SMARTS) is 1. The summed E-state index contributed by atoms with van der Waals surface area (Å²) >= 11 is 7.20. The number of hydrogen-bond donors (Lipinski definition) is 1. The lowest BCUT2D eigenvalue weighted by Gasteiger charge is -2.02. The van der Waals surface area contributed by atoms with E-state index in [0.717, 1.165) is 21.4 Å². The summed E-state index contributed by atoms with van der Waals surface area (Å²) in [6, 6.07) is 5.12. The Bertz CT molecular complexity index is 533. The van der Waals surface area contributed by atoms with Crippen LogP contribution in [0.3, 0.4) is 0 Å². The highest BCUT2D eigenvalue weighted by Gasteiger charge is 2.13. The molecule has 0 bridgehead atoms. The van der Waals surface area contributed by atoms with E-state index in [1.807, 2.05) is 0 Å². The van der Waals surface area contributed by atoms with Crippen LogP contribution < -0.4 is 4.74 Å². The van der Waals surface area contributed by atoms with Crippen LogP contribution in [0.25, 0.3) is 10.1 Å². The average Bonchev–Trinajstić information content (AvgIpc) is 2.63. The Hall–Kier alpha value is -1.26. The predicted molar refractivity (Wildman–Crippen MR) is 60.3 cm³/mol. The minimum Gasteiger partial charge on any atom is -0.495 e. The van der Waals surface area contributed by atoms with Gasteiger partial charge in [0.1, 0.15) is 15.6 Å². The first-order chi connectivity index (χ1) is 7.13. The van der Waals surface area contributed by atoms with Crippen LogP contribution >= 0.6 is 22.9 Å². The lowest BCUT2D eigenvalue weighted by Crippen LogP contribution is -1.89. The Labute approximate surface area is 94.9 Å². The van der Waals surface area contributed by atoms with Gasteiger partial charge in [-0.25, -0.2) is 4.79 Å². The van der Waals surface area contributed by atoms with Crippen LogP contribution in [0.5, 0.6) is 5.75 Å². The van der Waals surface area contributed by atoms with Gasteiger partial charge in [0.15, 0.2) is 0 Å². The van der Waals surface area contributed by atoms with Crippen LogP contribution in [-0.2, 0) is 0 Å². The Morgan fingerprint density at radius 1 is 1.53 bits per heavy atom. The molecule has 3 nitrogen and oxygen atoms in total. The fourth-order valence-corrected chi connectivity index (χ4v) is 2.61. The van der Waals surface area contributed by atoms with Crippen molar-refractivity contribution in [3.8, 4) is 5.75 Å². The van der Waals surface area contributed by atoms with E-state index < -0.39 is 5.97 Å². The molecule has 0 aliphatic rings. The topological polar surface area (TPSA) is 46.5 Å². The zero-order valence-corrected chi connectivity index (χ0v) is 9.35. The highest BCUT2D eigenvalue weighted by atomic mass is 35.5. The van der Waals surface area contributed by atoms with Gasteiger partial charge in [0, 0.05) is 0 Å². The number of methoxy groups -OCH3 is 1. The Balaban J connectivity index is 2.71. The van der Waals surface area contributed by atoms with Crippen LogP contribution in [0, 0.1) is 0 Å². The molecule has 1 N–H and O–H groups in total. The third kappa shape index (κ3) is 1.66. The van der Waals surface area contributed by atoms with Gasteiger partial charge in [-0.1, -0.05) is 11.6 Å². The standard InChI is InChI=1S/C10H7ClO3S/c1-14-6-3-2-5-4-7(10(12)13)15-9(5)8(6)11/h2-4H,1H3,(H,12,13). The van der Waals surface area contributed by atoms with Gasteiger partial charge in [-0.3, -0.25) is 0 Å². The molecule has 0 fully saturated rings. The number of carboxylic acids is 1. The van der Waals surface area contributed by atoms with Gasteiger partial charge in [-0.2, -0.15) is 0 Å². The van der Waals surface area contributed by atoms with Crippen LogP contribution in [-0.4, -0.2) is 18.2 Å². The Morgan fingerprint density at radius 3 is 2.87 bits per heavy atom. The van der Waals surface area contributed by atoms with Gasteiger partial charge in [0.2, 0.25) is 0 Å². The third-order valence-corrected chi connectivity index (χ3v) is 3.67. The molecular formula is C10H7ClO3S. The van der Waals surface area contributed by atoms with Gasteiger partial charge in [-0.15, -0.1) is 11.3 Å². The molecule has 2 rings (SSSR count). The predicted octanol–water partition coefficient (Wildman–Crippen LogP) is 3.26. The molecule has 0 spiro atoms. The van der Waals surface area contributed by atoms with E-state index in [1.54, 1.807) is 18.2 Å². The van der Waals surface area contributed by atoms with Crippen molar-refractivity contribution in [3.05, 3.63) is 28.1 Å². The van der Waals surface area contributed by atoms with E-state index in [0.29, 0.717) is 10.8 Å². The SMILES string of the molecule is COc1ccc2cc(C(=O)O)sc2c1Cl. The monoisotopic (exact) mass is 242 g/mol. The highest BCUT2D eigenvalue weighted by Crippen LogP contribution is 2.37. The van der Waals surface area contributed by atoms with E-state index in [2.05, 4.69) is 0 Å². The molecule has 1 aromatic heterocycles. The van der Waals surface area contributed by atoms with Crippen molar-refractivity contribution >= 4 is 39.0 Å². The Kier molecular flexibility index (Phi) is 2.54. The summed E-state index contributed by atoms with van der Waals surface area (Å²) in [5, 5.41) is 10.1. The van der Waals surface area contributed by atoms with Crippen LogP contribution in [0.15, 0.2) is 18.2 Å². The van der Waals surface area contributed by atoms with E-state index in [4.69, 9.17) is 21.4 Å². The second-order valence-corrected chi connectivity index (χ2v) is 4.35. The lowest BCUT2D eigenvalue weighted by molar-refractivity contribution is 0.0702. The van der Waals surface area contributed by atoms with E-state index in [1.165, 1.54) is 7.11 Å². The third-order valence-electron chi connectivity index (χ3n) is 2.02. The summed E-state index contributed by atoms with van der Waals surface area (Å²) in [6.45, 7) is 0. The zero-order valence-electron chi connectivity index (χ0n) is 7.78. The van der Waals surface area contributed by atoms with Crippen molar-refractivity contribution in [2.45, 2.75) is 0 Å². The number of ether oxygens (including phenoxy) is 1. The summed E-state index contributed by atoms with van der Waals surface area (Å²) in [7, 11) is 1.53. The van der Waals surface area contributed by atoms with E-state index in [-0.39, 0.29) is 4.88 Å². The molecule has 0 aliphatic carbocycles. The molecular weight excluding hydrogens is 236 g/mol. The number of thiophene rings is 1. The molecule has 1 heterocycles. The number of aromatic carboxylic acids is 1. The summed E-state index contributed by atoms with van der Waals surface area (Å²) in [6.07, 6.45) is 0. The number of hydrogen-bond acceptors (Lipinski definition) is 3. The molecule has 0 saturated carbocycles. The van der Waals surface area contributed by atoms with Gasteiger partial charge < -0.3 is 9.84 Å². The molecule has 0 radical (unpaired) electrons. The molecule has 5 heteroatoms. The van der Waals surface area contributed by atoms with Crippen LogP contribution in [0.2, 0.25) is 5.02 Å². The van der Waals surface area contributed by atoms with Crippen molar-refractivity contribution in [3.63, 3.8) is 0 Å². The molecule has 1 aromatic carbocycles. The summed E-state index contributed by atoms with van der Waals surface area (Å²) in [5.74, 6) is -0.380. The number of carbonyl (C=O) groups is 1. The molecule has 0 atom stereocenters. The first-order valence-corrected chi connectivity index (χ1v) is 5.32. The number of rotatable bonds is 2. The summed E-state index contributed by atoms with van der Waals surface area (Å²) in [4.78, 5) is 11.1. The van der Waals surface area contributed by atoms with Crippen molar-refractivity contribution in [1.29, 1.82) is 0 Å². The molecule has 0 amide bonds. The zero-order chi connectivity index (χ0) is 11.0. The number of halogens is 1. The van der Waals surface area contributed by atoms with Crippen LogP contribution in [0.4, 0.5) is 0 Å². The van der Waals surface area contributed by atoms with Gasteiger partial charge in [-0.05, 0) is 23.6 Å². The van der Waals surface area contributed by atoms with Gasteiger partial charge in [0.25, 0.3) is 0 Å². The van der Waals surface area contributed by atoms with Crippen molar-refractivity contribution in [2.75, 3.05) is 7.11 Å². The summed E-state index contributed by atoms with van der Waals surface area (Å²) < 4.78 is 5.79. The smallest absolute Gasteiger partial charge is 0.345 e. The molecule has 15 heavy (non-hydrogen) atoms. The second-order valence-electron chi connectivity index (χ2n) is 2.92. The maximum absolute atomic E-state index is 10.8. The quantitative estimate of drug-likeness (QED) is 0.879. The second kappa shape index (κ2) is 3.72. The maximum Gasteiger partial charge on any atom is 0.345 e. The largest absolute Gasteiger partial charge is 0.495 e. The van der Waals surface area contributed by atoms with Crippen molar-refractivity contribution in [1.82, 2.24) is 0 Å². The molecule has 78 valence electrons. The van der Waals surface area contributed by atoms with E-state index in [9.17, 15) is 4.79 Å². The molecule has 0 unspecified atom stereocenters. The molecule has 0 saturated heterocycles. The number of fused-ring (bicyclic) bond motifs is 1. The molecule has 2 aromatic rings. The Morgan fingerprint density at radius 2 is 2.27 bits per heavy atom. The lowest BCUT2D eigenvalue weighted by atomic mass is 10.2. The fourth-order valence-electron chi connectivity index (χ4n) is 1.31. The molecule has 0 aliphatic heterocycles. The number of benzene rings is 1. The summed E-state index contributed by atoms with van der Waals surface area (Å²) in [5.41, 5.74) is 0. The first-order valence-electron chi connectivity index (χ1n) is 4.13. The van der Waals surface area contributed by atoms with E-state index >= 15 is 0 Å². The van der Waals surface area contributed by atoms with Gasteiger partial charge in [0.05, 0.1) is 11.8 Å². The van der Waals surface area contributed by atoms with Crippen LogP contribution in [0.1, 0.15) is 9.67 Å². The minimum atomic E-state index is -0.939. The normalized spacial score (nSPS) is 10.5.